The highest BCUT2D eigenvalue weighted by Gasteiger charge is 2.05. The highest BCUT2D eigenvalue weighted by Crippen LogP contribution is 2.31. The van der Waals surface area contributed by atoms with E-state index in [9.17, 15) is 0 Å². The molecule has 0 N–H and O–H groups in total. The molecule has 0 aliphatic heterocycles. The van der Waals surface area contributed by atoms with Gasteiger partial charge in [-0.3, -0.25) is 0 Å². The van der Waals surface area contributed by atoms with Gasteiger partial charge in [0.15, 0.2) is 0 Å². The molecule has 0 saturated heterocycles. The van der Waals surface area contributed by atoms with Crippen molar-refractivity contribution in [3.05, 3.63) is 46.0 Å². The van der Waals surface area contributed by atoms with Crippen LogP contribution in [0.25, 0.3) is 0 Å². The molecule has 2 aromatic rings. The van der Waals surface area contributed by atoms with Gasteiger partial charge in [-0.25, -0.2) is 0 Å². The van der Waals surface area contributed by atoms with Crippen LogP contribution in [0.5, 0.6) is 23.0 Å². The van der Waals surface area contributed by atoms with Crippen molar-refractivity contribution in [3.8, 4) is 23.0 Å². The van der Waals surface area contributed by atoms with Gasteiger partial charge in [-0.15, -0.1) is 0 Å². The molecular formula is C14H13IO3. The van der Waals surface area contributed by atoms with Gasteiger partial charge in [-0.2, -0.15) is 0 Å². The Balaban J connectivity index is 2.21. The van der Waals surface area contributed by atoms with E-state index in [4.69, 9.17) is 14.2 Å². The lowest BCUT2D eigenvalue weighted by Crippen LogP contribution is -1.90. The Labute approximate surface area is 120 Å². The molecule has 3 nitrogen and oxygen atoms in total. The second-order valence-electron chi connectivity index (χ2n) is 3.57. The summed E-state index contributed by atoms with van der Waals surface area (Å²) in [6.07, 6.45) is 0. The molecule has 0 aliphatic carbocycles. The van der Waals surface area contributed by atoms with Crippen molar-refractivity contribution in [1.82, 2.24) is 0 Å². The molecule has 0 atom stereocenters. The molecule has 0 heterocycles. The molecule has 0 spiro atoms. The molecule has 0 bridgehead atoms. The number of rotatable bonds is 4. The average Bonchev–Trinajstić information content (AvgIpc) is 2.42. The molecule has 94 valence electrons. The summed E-state index contributed by atoms with van der Waals surface area (Å²) in [5.74, 6) is 3.13. The average molecular weight is 356 g/mol. The zero-order valence-electron chi connectivity index (χ0n) is 10.1. The largest absolute Gasteiger partial charge is 0.497 e. The maximum absolute atomic E-state index is 5.81. The number of methoxy groups -OCH3 is 2. The normalized spacial score (nSPS) is 9.94. The van der Waals surface area contributed by atoms with Crippen molar-refractivity contribution in [3.63, 3.8) is 0 Å². The third-order valence-electron chi connectivity index (χ3n) is 2.43. The first-order valence-electron chi connectivity index (χ1n) is 5.38. The van der Waals surface area contributed by atoms with Crippen LogP contribution in [-0.4, -0.2) is 14.2 Å². The minimum atomic E-state index is 0.766. The van der Waals surface area contributed by atoms with Crippen molar-refractivity contribution >= 4 is 22.6 Å². The van der Waals surface area contributed by atoms with Crippen LogP contribution in [0.2, 0.25) is 0 Å². The van der Waals surface area contributed by atoms with Crippen LogP contribution < -0.4 is 14.2 Å². The summed E-state index contributed by atoms with van der Waals surface area (Å²) in [6.45, 7) is 0. The van der Waals surface area contributed by atoms with Crippen LogP contribution >= 0.6 is 22.6 Å². The lowest BCUT2D eigenvalue weighted by atomic mass is 10.3. The molecule has 0 aliphatic rings. The molecule has 2 rings (SSSR count). The number of benzene rings is 2. The molecule has 0 amide bonds. The fraction of sp³-hybridized carbons (Fsp3) is 0.143. The summed E-state index contributed by atoms with van der Waals surface area (Å²) in [5, 5.41) is 0. The van der Waals surface area contributed by atoms with Crippen LogP contribution in [0, 0.1) is 3.57 Å². The van der Waals surface area contributed by atoms with E-state index in [0.717, 1.165) is 26.6 Å². The molecule has 0 radical (unpaired) electrons. The van der Waals surface area contributed by atoms with Gasteiger partial charge in [-0.1, -0.05) is 0 Å². The molecule has 0 aromatic heterocycles. The molecule has 0 fully saturated rings. The van der Waals surface area contributed by atoms with E-state index in [1.807, 2.05) is 42.5 Å². The smallest absolute Gasteiger partial charge is 0.144 e. The minimum Gasteiger partial charge on any atom is -0.497 e. The molecule has 0 unspecified atom stereocenters. The van der Waals surface area contributed by atoms with Gasteiger partial charge in [0.05, 0.1) is 17.8 Å². The number of halogens is 1. The van der Waals surface area contributed by atoms with Crippen molar-refractivity contribution < 1.29 is 14.2 Å². The zero-order valence-corrected chi connectivity index (χ0v) is 12.3. The summed E-state index contributed by atoms with van der Waals surface area (Å²) in [4.78, 5) is 0. The van der Waals surface area contributed by atoms with Gasteiger partial charge in [0, 0.05) is 6.07 Å². The Kier molecular flexibility index (Phi) is 4.30. The molecule has 2 aromatic carbocycles. The summed E-state index contributed by atoms with van der Waals surface area (Å²) in [6, 6.07) is 13.2. The maximum Gasteiger partial charge on any atom is 0.144 e. The van der Waals surface area contributed by atoms with Crippen LogP contribution in [0.4, 0.5) is 0 Å². The fourth-order valence-corrected chi connectivity index (χ4v) is 1.91. The lowest BCUT2D eigenvalue weighted by Gasteiger charge is -2.10. The Hall–Kier alpha value is -1.43. The third-order valence-corrected chi connectivity index (χ3v) is 3.32. The van der Waals surface area contributed by atoms with Crippen molar-refractivity contribution in [2.45, 2.75) is 0 Å². The summed E-state index contributed by atoms with van der Waals surface area (Å²) in [7, 11) is 3.28. The van der Waals surface area contributed by atoms with Crippen LogP contribution in [-0.2, 0) is 0 Å². The Morgan fingerprint density at radius 1 is 0.778 bits per heavy atom. The van der Waals surface area contributed by atoms with E-state index in [2.05, 4.69) is 22.6 Å². The topological polar surface area (TPSA) is 27.7 Å². The Morgan fingerprint density at radius 3 is 1.94 bits per heavy atom. The van der Waals surface area contributed by atoms with E-state index < -0.39 is 0 Å². The molecular weight excluding hydrogens is 343 g/mol. The van der Waals surface area contributed by atoms with Crippen molar-refractivity contribution in [2.75, 3.05) is 14.2 Å². The van der Waals surface area contributed by atoms with Gasteiger partial charge in [-0.05, 0) is 59.0 Å². The van der Waals surface area contributed by atoms with Gasteiger partial charge in [0.25, 0.3) is 0 Å². The summed E-state index contributed by atoms with van der Waals surface area (Å²) < 4.78 is 17.1. The quantitative estimate of drug-likeness (QED) is 0.772. The minimum absolute atomic E-state index is 0.766. The highest BCUT2D eigenvalue weighted by molar-refractivity contribution is 14.1. The first-order chi connectivity index (χ1) is 8.72. The van der Waals surface area contributed by atoms with Crippen LogP contribution in [0.1, 0.15) is 0 Å². The Morgan fingerprint density at radius 2 is 1.33 bits per heavy atom. The predicted octanol–water partition coefficient (Wildman–Crippen LogP) is 4.10. The van der Waals surface area contributed by atoms with Gasteiger partial charge < -0.3 is 14.2 Å². The SMILES string of the molecule is COc1ccc(Oc2cc(OC)ccc2I)cc1. The van der Waals surface area contributed by atoms with Gasteiger partial charge >= 0.3 is 0 Å². The lowest BCUT2D eigenvalue weighted by molar-refractivity contribution is 0.406. The standard InChI is InChI=1S/C14H13IO3/c1-16-10-3-5-11(6-4-10)18-14-9-12(17-2)7-8-13(14)15/h3-9H,1-2H3. The van der Waals surface area contributed by atoms with E-state index >= 15 is 0 Å². The Bertz CT molecular complexity index is 523. The second-order valence-corrected chi connectivity index (χ2v) is 4.74. The monoisotopic (exact) mass is 356 g/mol. The second kappa shape index (κ2) is 5.95. The molecule has 0 saturated carbocycles. The van der Waals surface area contributed by atoms with E-state index in [-0.39, 0.29) is 0 Å². The summed E-state index contributed by atoms with van der Waals surface area (Å²) in [5.41, 5.74) is 0. The highest BCUT2D eigenvalue weighted by atomic mass is 127. The number of hydrogen-bond acceptors (Lipinski definition) is 3. The predicted molar refractivity (Wildman–Crippen MR) is 78.8 cm³/mol. The van der Waals surface area contributed by atoms with E-state index in [1.54, 1.807) is 14.2 Å². The van der Waals surface area contributed by atoms with Crippen molar-refractivity contribution in [1.29, 1.82) is 0 Å². The van der Waals surface area contributed by atoms with Crippen LogP contribution in [0.15, 0.2) is 42.5 Å². The first kappa shape index (κ1) is 13.0. The number of ether oxygens (including phenoxy) is 3. The van der Waals surface area contributed by atoms with Crippen LogP contribution in [0.3, 0.4) is 0 Å². The molecule has 18 heavy (non-hydrogen) atoms. The van der Waals surface area contributed by atoms with Gasteiger partial charge in [0.1, 0.15) is 23.0 Å². The zero-order chi connectivity index (χ0) is 13.0. The molecule has 4 heteroatoms. The third kappa shape index (κ3) is 3.07. The summed E-state index contributed by atoms with van der Waals surface area (Å²) >= 11 is 2.23. The van der Waals surface area contributed by atoms with E-state index in [1.165, 1.54) is 0 Å². The van der Waals surface area contributed by atoms with Gasteiger partial charge in [0.2, 0.25) is 0 Å². The number of hydrogen-bond donors (Lipinski definition) is 0. The first-order valence-corrected chi connectivity index (χ1v) is 6.46. The maximum atomic E-state index is 5.81. The van der Waals surface area contributed by atoms with Crippen molar-refractivity contribution in [2.24, 2.45) is 0 Å². The fourth-order valence-electron chi connectivity index (χ4n) is 1.46. The van der Waals surface area contributed by atoms with E-state index in [0.29, 0.717) is 0 Å².